The lowest BCUT2D eigenvalue weighted by atomic mass is 12.0. The molecule has 17 heteroatoms. The van der Waals surface area contributed by atoms with Gasteiger partial charge in [-0.15, -0.1) is 0 Å². The summed E-state index contributed by atoms with van der Waals surface area (Å²) < 4.78 is 0. The van der Waals surface area contributed by atoms with E-state index in [2.05, 4.69) is 83.0 Å². The van der Waals surface area contributed by atoms with Crippen LogP contribution in [0.25, 0.3) is 0 Å². The maximum Gasteiger partial charge on any atom is -0.164 e. The molecule has 0 bridgehead atoms. The second-order valence-electron chi connectivity index (χ2n) is 1.91. The highest BCUT2D eigenvalue weighted by Gasteiger charge is 1.82. The van der Waals surface area contributed by atoms with Crippen LogP contribution in [-0.2, 0) is 0 Å². The molecule has 104 valence electrons. The molecule has 0 aliphatic rings. The summed E-state index contributed by atoms with van der Waals surface area (Å²) in [5.74, 6) is 9.75. The Kier molecular flexibility index (Phi) is 14.7. The highest BCUT2D eigenvalue weighted by atomic mass is 16.0. The first kappa shape index (κ1) is 16.3. The Morgan fingerprint density at radius 3 is 0.647 bits per heavy atom. The number of hydrazine groups is 16. The van der Waals surface area contributed by atoms with Gasteiger partial charge < -0.3 is 0 Å². The average molecular weight is 257 g/mol. The molecule has 0 amide bonds. The van der Waals surface area contributed by atoms with Crippen molar-refractivity contribution in [3.8, 4) is 0 Å². The SMILES string of the molecule is NNNNNNNNNNNNNNNNN. The molecule has 0 aromatic heterocycles. The van der Waals surface area contributed by atoms with Crippen LogP contribution in [0.4, 0.5) is 0 Å². The smallest absolute Gasteiger partial charge is 0.164 e. The second-order valence-corrected chi connectivity index (χ2v) is 1.91. The van der Waals surface area contributed by atoms with E-state index < -0.39 is 0 Å². The van der Waals surface area contributed by atoms with Gasteiger partial charge in [0.05, 0.1) is 0 Å². The molecule has 0 spiro atoms. The molecule has 17 heavy (non-hydrogen) atoms. The lowest BCUT2D eigenvalue weighted by molar-refractivity contribution is 0.205. The monoisotopic (exact) mass is 257 g/mol. The zero-order chi connectivity index (χ0) is 12.6. The predicted molar refractivity (Wildman–Crippen MR) is 55.4 cm³/mol. The number of nitrogens with two attached hydrogens (primary N) is 2. The standard InChI is InChI=1S/H19N17/c1-3-5-7-9-11-13-15-17-16-14-12-10-8-6-4-2/h3-17H,1-2H2. The van der Waals surface area contributed by atoms with E-state index in [4.69, 9.17) is 11.7 Å². The zero-order valence-electron chi connectivity index (χ0n) is 8.65. The Morgan fingerprint density at radius 1 is 0.294 bits per heavy atom. The third-order valence-electron chi connectivity index (χ3n) is 0.894. The van der Waals surface area contributed by atoms with Crippen molar-refractivity contribution in [3.63, 3.8) is 0 Å². The van der Waals surface area contributed by atoms with E-state index in [0.29, 0.717) is 0 Å². The molecule has 17 nitrogen and oxygen atoms in total. The predicted octanol–water partition coefficient (Wildman–Crippen LogP) is -8.61. The minimum Gasteiger partial charge on any atom is -0.257 e. The Morgan fingerprint density at radius 2 is 0.471 bits per heavy atom. The van der Waals surface area contributed by atoms with E-state index in [-0.39, 0.29) is 0 Å². The second kappa shape index (κ2) is 15.3. The van der Waals surface area contributed by atoms with Gasteiger partial charge in [-0.25, -0.2) is 0 Å². The van der Waals surface area contributed by atoms with Crippen molar-refractivity contribution in [1.82, 2.24) is 83.0 Å². The minimum absolute atomic E-state index is 2.12. The quantitative estimate of drug-likeness (QED) is 0.0785. The number of hydrogen-bond acceptors (Lipinski definition) is 17. The third kappa shape index (κ3) is 15.3. The average Bonchev–Trinajstić information content (AvgIpc) is 2.35. The van der Waals surface area contributed by atoms with Crippen molar-refractivity contribution in [3.05, 3.63) is 0 Å². The van der Waals surface area contributed by atoms with Crippen molar-refractivity contribution in [1.29, 1.82) is 0 Å². The summed E-state index contributed by atoms with van der Waals surface area (Å²) in [6, 6.07) is 0. The molecule has 0 aromatic carbocycles. The summed E-state index contributed by atoms with van der Waals surface area (Å²) in [5, 5.41) is 0. The Bertz CT molecular complexity index is 103. The van der Waals surface area contributed by atoms with Gasteiger partial charge in [-0.2, -0.15) is 83.0 Å². The molecular formula is H19N17. The molecule has 0 aromatic rings. The topological polar surface area (TPSA) is 232 Å². The Balaban J connectivity index is 2.85. The highest BCUT2D eigenvalue weighted by Crippen LogP contribution is 1.27. The minimum atomic E-state index is 2.12. The van der Waals surface area contributed by atoms with Crippen LogP contribution < -0.4 is 94.7 Å². The first-order valence-corrected chi connectivity index (χ1v) is 4.08. The molecule has 0 radical (unpaired) electrons. The maximum atomic E-state index is 4.88. The molecule has 0 atom stereocenters. The first-order chi connectivity index (χ1) is 8.41. The van der Waals surface area contributed by atoms with E-state index in [1.54, 1.807) is 0 Å². The molecule has 0 aliphatic heterocycles. The van der Waals surface area contributed by atoms with Crippen molar-refractivity contribution in [2.24, 2.45) is 11.7 Å². The summed E-state index contributed by atoms with van der Waals surface area (Å²) >= 11 is 0. The van der Waals surface area contributed by atoms with Gasteiger partial charge in [0.15, 0.2) is 0 Å². The van der Waals surface area contributed by atoms with Crippen molar-refractivity contribution < 1.29 is 0 Å². The van der Waals surface area contributed by atoms with Crippen LogP contribution in [0.15, 0.2) is 0 Å². The van der Waals surface area contributed by atoms with E-state index in [0.717, 1.165) is 0 Å². The van der Waals surface area contributed by atoms with Crippen LogP contribution in [0.1, 0.15) is 0 Å². The molecule has 19 N–H and O–H groups in total. The van der Waals surface area contributed by atoms with Crippen LogP contribution in [-0.4, -0.2) is 0 Å². The summed E-state index contributed by atoms with van der Waals surface area (Å²) in [7, 11) is 0. The summed E-state index contributed by atoms with van der Waals surface area (Å²) in [4.78, 5) is 0. The molecule has 0 fully saturated rings. The van der Waals surface area contributed by atoms with Gasteiger partial charge in [0.25, 0.3) is 0 Å². The fourth-order valence-corrected chi connectivity index (χ4v) is 0.416. The normalized spacial score (nSPS) is 10.9. The van der Waals surface area contributed by atoms with E-state index in [1.165, 1.54) is 0 Å². The lowest BCUT2D eigenvalue weighted by Crippen LogP contribution is -2.68. The van der Waals surface area contributed by atoms with Crippen LogP contribution >= 0.6 is 0 Å². The van der Waals surface area contributed by atoms with E-state index in [1.807, 2.05) is 0 Å². The van der Waals surface area contributed by atoms with Gasteiger partial charge in [-0.05, 0) is 0 Å². The first-order valence-electron chi connectivity index (χ1n) is 4.08. The van der Waals surface area contributed by atoms with Crippen LogP contribution in [0, 0.1) is 0 Å². The fourth-order valence-electron chi connectivity index (χ4n) is 0.416. The number of nitrogens with one attached hydrogen (secondary N) is 15. The van der Waals surface area contributed by atoms with E-state index in [9.17, 15) is 0 Å². The summed E-state index contributed by atoms with van der Waals surface area (Å²) in [5.41, 5.74) is 35.7. The number of hydrogen-bond donors (Lipinski definition) is 17. The molecule has 0 unspecified atom stereocenters. The Labute approximate surface area is 95.8 Å². The fraction of sp³-hybridized carbons (Fsp3) is 0. The van der Waals surface area contributed by atoms with Gasteiger partial charge in [-0.1, -0.05) is 0 Å². The molecule has 0 saturated carbocycles. The zero-order valence-corrected chi connectivity index (χ0v) is 8.65. The third-order valence-corrected chi connectivity index (χ3v) is 0.894. The van der Waals surface area contributed by atoms with Crippen molar-refractivity contribution in [2.75, 3.05) is 0 Å². The maximum absolute atomic E-state index is 4.88. The molecule has 0 saturated heterocycles. The van der Waals surface area contributed by atoms with Gasteiger partial charge in [0.1, 0.15) is 0 Å². The van der Waals surface area contributed by atoms with Crippen molar-refractivity contribution >= 4 is 0 Å². The van der Waals surface area contributed by atoms with Crippen LogP contribution in [0.5, 0.6) is 0 Å². The summed E-state index contributed by atoms with van der Waals surface area (Å²) in [6.07, 6.45) is 0. The Hall–Kier alpha value is -0.680. The van der Waals surface area contributed by atoms with Crippen LogP contribution in [0.3, 0.4) is 0 Å². The summed E-state index contributed by atoms with van der Waals surface area (Å²) in [6.45, 7) is 0. The van der Waals surface area contributed by atoms with Crippen LogP contribution in [0.2, 0.25) is 0 Å². The molecular weight excluding hydrogens is 238 g/mol. The largest absolute Gasteiger partial charge is 0.257 e. The van der Waals surface area contributed by atoms with Gasteiger partial charge in [0, 0.05) is 0 Å². The number of rotatable bonds is 14. The molecule has 0 aliphatic carbocycles. The highest BCUT2D eigenvalue weighted by molar-refractivity contribution is 4.16. The van der Waals surface area contributed by atoms with Gasteiger partial charge >= 0.3 is 0 Å². The van der Waals surface area contributed by atoms with Gasteiger partial charge in [0.2, 0.25) is 0 Å². The van der Waals surface area contributed by atoms with Gasteiger partial charge in [-0.3, -0.25) is 11.7 Å². The van der Waals surface area contributed by atoms with Crippen molar-refractivity contribution in [2.45, 2.75) is 0 Å². The molecule has 0 rings (SSSR count). The molecule has 0 heterocycles. The lowest BCUT2D eigenvalue weighted by Gasteiger charge is -2.13. The van der Waals surface area contributed by atoms with E-state index >= 15 is 0 Å².